The number of benzene rings is 3. The molecule has 0 bridgehead atoms. The molecule has 0 atom stereocenters. The molecule has 0 saturated carbocycles. The Balaban J connectivity index is 1.74. The van der Waals surface area contributed by atoms with Gasteiger partial charge in [-0.1, -0.05) is 86.6 Å². The number of hydrogen-bond donors (Lipinski definition) is 0. The van der Waals surface area contributed by atoms with Crippen LogP contribution in [-0.2, 0) is 4.74 Å². The second-order valence-electron chi connectivity index (χ2n) is 7.62. The summed E-state index contributed by atoms with van der Waals surface area (Å²) in [5, 5.41) is 3.99. The fraction of sp³-hybridized carbons (Fsp3) is 0.400. The number of hydrogen-bond acceptors (Lipinski definition) is 3. The summed E-state index contributed by atoms with van der Waals surface area (Å²) < 4.78 is 11.0. The maximum atomic E-state index is 12.3. The minimum atomic E-state index is -0.622. The zero-order valence-corrected chi connectivity index (χ0v) is 17.2. The molecule has 0 amide bonds. The van der Waals surface area contributed by atoms with Crippen LogP contribution in [0, 0.1) is 13.8 Å². The van der Waals surface area contributed by atoms with Gasteiger partial charge in [0.15, 0.2) is 0 Å². The standard InChI is InChI=1S/C25H30O3/c1-4-5-6-7-8-9-14-27-25(26)28-24-22-12-10-18(2)15-20(22)17-21-16-19(3)11-13-23(21)24/h10-13,15-17H,4-9,14H2,1-3H3. The minimum Gasteiger partial charge on any atom is -0.434 e. The molecule has 0 unspecified atom stereocenters. The van der Waals surface area contributed by atoms with Crippen LogP contribution in [0.5, 0.6) is 5.75 Å². The molecule has 3 aromatic carbocycles. The number of carbonyl (C=O) groups is 1. The number of aryl methyl sites for hydroxylation is 2. The van der Waals surface area contributed by atoms with E-state index in [1.165, 1.54) is 36.8 Å². The van der Waals surface area contributed by atoms with Crippen LogP contribution in [0.15, 0.2) is 42.5 Å². The number of carbonyl (C=O) groups excluding carboxylic acids is 1. The SMILES string of the molecule is CCCCCCCCOC(=O)Oc1c2ccc(C)cc2cc2cc(C)ccc12. The normalized spacial score (nSPS) is 11.1. The van der Waals surface area contributed by atoms with Crippen molar-refractivity contribution in [3.05, 3.63) is 53.6 Å². The van der Waals surface area contributed by atoms with Crippen molar-refractivity contribution in [1.29, 1.82) is 0 Å². The van der Waals surface area contributed by atoms with Gasteiger partial charge in [-0.2, -0.15) is 0 Å². The molecule has 0 heterocycles. The van der Waals surface area contributed by atoms with Gasteiger partial charge in [-0.05, 0) is 37.1 Å². The summed E-state index contributed by atoms with van der Waals surface area (Å²) in [4.78, 5) is 12.3. The zero-order valence-electron chi connectivity index (χ0n) is 17.2. The predicted molar refractivity (Wildman–Crippen MR) is 116 cm³/mol. The van der Waals surface area contributed by atoms with Gasteiger partial charge in [-0.25, -0.2) is 4.79 Å². The van der Waals surface area contributed by atoms with Crippen LogP contribution in [0.3, 0.4) is 0 Å². The maximum absolute atomic E-state index is 12.3. The number of rotatable bonds is 8. The van der Waals surface area contributed by atoms with Gasteiger partial charge in [0, 0.05) is 10.8 Å². The monoisotopic (exact) mass is 378 g/mol. The fourth-order valence-corrected chi connectivity index (χ4v) is 3.59. The van der Waals surface area contributed by atoms with Crippen molar-refractivity contribution in [2.45, 2.75) is 59.3 Å². The molecule has 0 N–H and O–H groups in total. The van der Waals surface area contributed by atoms with Crippen molar-refractivity contribution in [3.8, 4) is 5.75 Å². The molecule has 0 aliphatic rings. The summed E-state index contributed by atoms with van der Waals surface area (Å²) in [5.74, 6) is 0.584. The molecular formula is C25H30O3. The first-order chi connectivity index (χ1) is 13.6. The van der Waals surface area contributed by atoms with E-state index in [2.05, 4.69) is 39.0 Å². The lowest BCUT2D eigenvalue weighted by Gasteiger charge is -2.13. The molecule has 0 spiro atoms. The van der Waals surface area contributed by atoms with Crippen LogP contribution >= 0.6 is 0 Å². The quantitative estimate of drug-likeness (QED) is 0.176. The van der Waals surface area contributed by atoms with Crippen molar-refractivity contribution < 1.29 is 14.3 Å². The van der Waals surface area contributed by atoms with Gasteiger partial charge in [0.05, 0.1) is 6.61 Å². The molecule has 0 saturated heterocycles. The van der Waals surface area contributed by atoms with Crippen LogP contribution < -0.4 is 4.74 Å². The number of ether oxygens (including phenoxy) is 2. The van der Waals surface area contributed by atoms with Crippen molar-refractivity contribution in [2.75, 3.05) is 6.61 Å². The van der Waals surface area contributed by atoms with Gasteiger partial charge in [-0.3, -0.25) is 0 Å². The first kappa shape index (κ1) is 20.2. The first-order valence-corrected chi connectivity index (χ1v) is 10.4. The first-order valence-electron chi connectivity index (χ1n) is 10.4. The molecule has 0 aromatic heterocycles. The van der Waals surface area contributed by atoms with E-state index < -0.39 is 6.16 Å². The largest absolute Gasteiger partial charge is 0.513 e. The minimum absolute atomic E-state index is 0.409. The average molecular weight is 379 g/mol. The molecule has 3 aromatic rings. The van der Waals surface area contributed by atoms with E-state index >= 15 is 0 Å². The topological polar surface area (TPSA) is 35.5 Å². The van der Waals surface area contributed by atoms with Crippen LogP contribution in [-0.4, -0.2) is 12.8 Å². The molecule has 0 aliphatic carbocycles. The highest BCUT2D eigenvalue weighted by molar-refractivity contribution is 6.06. The smallest absolute Gasteiger partial charge is 0.434 e. The Morgan fingerprint density at radius 2 is 1.36 bits per heavy atom. The van der Waals surface area contributed by atoms with Crippen molar-refractivity contribution in [2.24, 2.45) is 0 Å². The molecule has 0 aliphatic heterocycles. The lowest BCUT2D eigenvalue weighted by Crippen LogP contribution is -2.12. The van der Waals surface area contributed by atoms with Gasteiger partial charge in [0.2, 0.25) is 0 Å². The third-order valence-corrected chi connectivity index (χ3v) is 5.12. The Kier molecular flexibility index (Phi) is 6.91. The predicted octanol–water partition coefficient (Wildman–Crippen LogP) is 7.49. The van der Waals surface area contributed by atoms with Gasteiger partial charge < -0.3 is 9.47 Å². The van der Waals surface area contributed by atoms with E-state index in [0.717, 1.165) is 34.4 Å². The Morgan fingerprint density at radius 1 is 0.786 bits per heavy atom. The van der Waals surface area contributed by atoms with E-state index in [0.29, 0.717) is 12.4 Å². The molecule has 0 radical (unpaired) electrons. The summed E-state index contributed by atoms with van der Waals surface area (Å²) in [5.41, 5.74) is 2.35. The van der Waals surface area contributed by atoms with Crippen LogP contribution in [0.2, 0.25) is 0 Å². The van der Waals surface area contributed by atoms with E-state index in [9.17, 15) is 4.79 Å². The van der Waals surface area contributed by atoms with Gasteiger partial charge in [-0.15, -0.1) is 0 Å². The second-order valence-corrected chi connectivity index (χ2v) is 7.62. The highest BCUT2D eigenvalue weighted by Gasteiger charge is 2.14. The highest BCUT2D eigenvalue weighted by atomic mass is 16.7. The Bertz CT molecular complexity index is 899. The fourth-order valence-electron chi connectivity index (χ4n) is 3.59. The molecule has 28 heavy (non-hydrogen) atoms. The van der Waals surface area contributed by atoms with Crippen LogP contribution in [0.1, 0.15) is 56.6 Å². The zero-order chi connectivity index (χ0) is 19.9. The Labute approximate surface area is 167 Å². The molecule has 148 valence electrons. The number of fused-ring (bicyclic) bond motifs is 2. The molecule has 3 rings (SSSR count). The van der Waals surface area contributed by atoms with Crippen molar-refractivity contribution in [3.63, 3.8) is 0 Å². The summed E-state index contributed by atoms with van der Waals surface area (Å²) in [7, 11) is 0. The van der Waals surface area contributed by atoms with Gasteiger partial charge in [0.1, 0.15) is 5.75 Å². The number of unbranched alkanes of at least 4 members (excludes halogenated alkanes) is 5. The molecule has 0 fully saturated rings. The second kappa shape index (κ2) is 9.59. The van der Waals surface area contributed by atoms with Crippen LogP contribution in [0.25, 0.3) is 21.5 Å². The summed E-state index contributed by atoms with van der Waals surface area (Å²) in [6.45, 7) is 6.75. The summed E-state index contributed by atoms with van der Waals surface area (Å²) >= 11 is 0. The lowest BCUT2D eigenvalue weighted by molar-refractivity contribution is 0.0982. The Hall–Kier alpha value is -2.55. The van der Waals surface area contributed by atoms with Crippen molar-refractivity contribution in [1.82, 2.24) is 0 Å². The summed E-state index contributed by atoms with van der Waals surface area (Å²) in [6, 6.07) is 14.5. The average Bonchev–Trinajstić information content (AvgIpc) is 2.66. The highest BCUT2D eigenvalue weighted by Crippen LogP contribution is 2.36. The third-order valence-electron chi connectivity index (χ3n) is 5.12. The summed E-state index contributed by atoms with van der Waals surface area (Å²) in [6.07, 6.45) is 6.30. The maximum Gasteiger partial charge on any atom is 0.513 e. The van der Waals surface area contributed by atoms with Gasteiger partial charge in [0.25, 0.3) is 0 Å². The van der Waals surface area contributed by atoms with Crippen molar-refractivity contribution >= 4 is 27.7 Å². The third kappa shape index (κ3) is 5.03. The van der Waals surface area contributed by atoms with Crippen LogP contribution in [0.4, 0.5) is 4.79 Å². The Morgan fingerprint density at radius 3 is 1.96 bits per heavy atom. The van der Waals surface area contributed by atoms with E-state index in [4.69, 9.17) is 9.47 Å². The molecule has 3 nitrogen and oxygen atoms in total. The lowest BCUT2D eigenvalue weighted by atomic mass is 9.99. The molecular weight excluding hydrogens is 348 g/mol. The van der Waals surface area contributed by atoms with E-state index in [1.54, 1.807) is 0 Å². The van der Waals surface area contributed by atoms with Gasteiger partial charge >= 0.3 is 6.16 Å². The molecule has 3 heteroatoms. The van der Waals surface area contributed by atoms with E-state index in [1.807, 2.05) is 24.3 Å². The van der Waals surface area contributed by atoms with E-state index in [-0.39, 0.29) is 0 Å².